The lowest BCUT2D eigenvalue weighted by atomic mass is 9.97. The standard InChI is InChI=1S/C22H16N4O3S/c1-29-22(28)19(14-5-3-2-4-6-14)30-21-17(12-24)18(16(11-23)20(25)26-21)13-7-9-15(27)10-8-13/h2-10,19,27H,1H3,(H2,25,26). The van der Waals surface area contributed by atoms with Gasteiger partial charge in [0.1, 0.15) is 39.5 Å². The minimum absolute atomic E-state index is 0.0437. The Morgan fingerprint density at radius 3 is 2.30 bits per heavy atom. The number of carbonyl (C=O) groups excluding carboxylic acids is 1. The Kier molecular flexibility index (Phi) is 6.21. The van der Waals surface area contributed by atoms with Crippen molar-refractivity contribution in [3.8, 4) is 29.0 Å². The van der Waals surface area contributed by atoms with Crippen molar-refractivity contribution < 1.29 is 14.6 Å². The van der Waals surface area contributed by atoms with E-state index in [1.165, 1.54) is 19.2 Å². The number of nitriles is 2. The van der Waals surface area contributed by atoms with Crippen LogP contribution in [-0.4, -0.2) is 23.2 Å². The number of hydrogen-bond acceptors (Lipinski definition) is 8. The van der Waals surface area contributed by atoms with Crippen LogP contribution in [0.5, 0.6) is 5.75 Å². The third-order valence-electron chi connectivity index (χ3n) is 4.32. The summed E-state index contributed by atoms with van der Waals surface area (Å²) in [5.74, 6) is -0.521. The number of aromatic hydroxyl groups is 1. The van der Waals surface area contributed by atoms with E-state index in [0.717, 1.165) is 11.8 Å². The van der Waals surface area contributed by atoms with Crippen LogP contribution in [0.25, 0.3) is 11.1 Å². The number of nitrogens with two attached hydrogens (primary N) is 1. The van der Waals surface area contributed by atoms with Gasteiger partial charge in [-0.2, -0.15) is 10.5 Å². The zero-order valence-corrected chi connectivity index (χ0v) is 16.7. The molecule has 1 unspecified atom stereocenters. The summed E-state index contributed by atoms with van der Waals surface area (Å²) < 4.78 is 4.93. The molecule has 0 saturated heterocycles. The molecule has 0 radical (unpaired) electrons. The fourth-order valence-corrected chi connectivity index (χ4v) is 4.02. The van der Waals surface area contributed by atoms with E-state index >= 15 is 0 Å². The highest BCUT2D eigenvalue weighted by atomic mass is 32.2. The Balaban J connectivity index is 2.20. The summed E-state index contributed by atoms with van der Waals surface area (Å²) in [6.45, 7) is 0. The van der Waals surface area contributed by atoms with Gasteiger partial charge in [-0.25, -0.2) is 4.98 Å². The first-order valence-electron chi connectivity index (χ1n) is 8.72. The molecule has 148 valence electrons. The summed E-state index contributed by atoms with van der Waals surface area (Å²) in [7, 11) is 1.28. The summed E-state index contributed by atoms with van der Waals surface area (Å²) in [5, 5.41) is 28.5. The highest BCUT2D eigenvalue weighted by molar-refractivity contribution is 8.00. The van der Waals surface area contributed by atoms with E-state index < -0.39 is 11.2 Å². The van der Waals surface area contributed by atoms with Crippen molar-refractivity contribution in [1.29, 1.82) is 10.5 Å². The van der Waals surface area contributed by atoms with Crippen LogP contribution in [0.4, 0.5) is 5.82 Å². The molecule has 0 aliphatic carbocycles. The molecule has 1 atom stereocenters. The molecule has 0 bridgehead atoms. The monoisotopic (exact) mass is 416 g/mol. The van der Waals surface area contributed by atoms with Crippen LogP contribution in [0.1, 0.15) is 21.9 Å². The number of carbonyl (C=O) groups is 1. The predicted molar refractivity (Wildman–Crippen MR) is 112 cm³/mol. The number of esters is 1. The fourth-order valence-electron chi connectivity index (χ4n) is 2.90. The molecule has 2 aromatic carbocycles. The third-order valence-corrected chi connectivity index (χ3v) is 5.54. The molecule has 30 heavy (non-hydrogen) atoms. The number of thioether (sulfide) groups is 1. The first kappa shape index (κ1) is 20.7. The van der Waals surface area contributed by atoms with E-state index in [0.29, 0.717) is 16.7 Å². The van der Waals surface area contributed by atoms with Gasteiger partial charge in [0.05, 0.1) is 12.7 Å². The van der Waals surface area contributed by atoms with E-state index in [2.05, 4.69) is 11.1 Å². The smallest absolute Gasteiger partial charge is 0.323 e. The number of anilines is 1. The van der Waals surface area contributed by atoms with Crippen molar-refractivity contribution >= 4 is 23.5 Å². The van der Waals surface area contributed by atoms with E-state index in [-0.39, 0.29) is 27.7 Å². The summed E-state index contributed by atoms with van der Waals surface area (Å²) >= 11 is 1.02. The minimum Gasteiger partial charge on any atom is -0.508 e. The minimum atomic E-state index is -0.782. The van der Waals surface area contributed by atoms with Gasteiger partial charge in [-0.05, 0) is 23.3 Å². The Hall–Kier alpha value is -4.01. The molecule has 7 nitrogen and oxygen atoms in total. The van der Waals surface area contributed by atoms with E-state index in [9.17, 15) is 20.4 Å². The van der Waals surface area contributed by atoms with Crippen LogP contribution in [0.15, 0.2) is 59.6 Å². The Morgan fingerprint density at radius 2 is 1.73 bits per heavy atom. The quantitative estimate of drug-likeness (QED) is 0.474. The number of methoxy groups -OCH3 is 1. The van der Waals surface area contributed by atoms with Crippen molar-refractivity contribution in [3.63, 3.8) is 0 Å². The zero-order valence-electron chi connectivity index (χ0n) is 15.9. The molecular weight excluding hydrogens is 400 g/mol. The number of benzene rings is 2. The predicted octanol–water partition coefficient (Wildman–Crippen LogP) is 3.79. The molecule has 8 heteroatoms. The number of phenolic OH excluding ortho intramolecular Hbond substituents is 1. The fraction of sp³-hybridized carbons (Fsp3) is 0.0909. The molecular formula is C22H16N4O3S. The summed E-state index contributed by atoms with van der Waals surface area (Å²) in [6, 6.07) is 19.1. The second-order valence-corrected chi connectivity index (χ2v) is 7.22. The van der Waals surface area contributed by atoms with E-state index in [1.807, 2.05) is 12.1 Å². The maximum Gasteiger partial charge on any atom is 0.323 e. The number of pyridine rings is 1. The molecule has 3 rings (SSSR count). The van der Waals surface area contributed by atoms with Gasteiger partial charge in [-0.3, -0.25) is 4.79 Å². The first-order chi connectivity index (χ1) is 14.5. The number of aromatic nitrogens is 1. The van der Waals surface area contributed by atoms with Gasteiger partial charge < -0.3 is 15.6 Å². The summed E-state index contributed by atoms with van der Waals surface area (Å²) in [4.78, 5) is 16.7. The maximum absolute atomic E-state index is 12.5. The number of rotatable bonds is 5. The second-order valence-electron chi connectivity index (χ2n) is 6.13. The Morgan fingerprint density at radius 1 is 1.10 bits per heavy atom. The topological polar surface area (TPSA) is 133 Å². The van der Waals surface area contributed by atoms with Crippen LogP contribution in [-0.2, 0) is 9.53 Å². The number of nitrogens with zero attached hydrogens (tertiary/aromatic N) is 3. The lowest BCUT2D eigenvalue weighted by Gasteiger charge is -2.17. The largest absolute Gasteiger partial charge is 0.508 e. The van der Waals surface area contributed by atoms with Crippen molar-refractivity contribution in [2.45, 2.75) is 10.3 Å². The van der Waals surface area contributed by atoms with Crippen molar-refractivity contribution in [2.75, 3.05) is 12.8 Å². The Bertz CT molecular complexity index is 1170. The van der Waals surface area contributed by atoms with Gasteiger partial charge in [0, 0.05) is 5.56 Å². The second kappa shape index (κ2) is 8.99. The van der Waals surface area contributed by atoms with Gasteiger partial charge >= 0.3 is 5.97 Å². The molecule has 1 heterocycles. The molecule has 0 aliphatic heterocycles. The zero-order chi connectivity index (χ0) is 21.7. The van der Waals surface area contributed by atoms with E-state index in [4.69, 9.17) is 10.5 Å². The Labute approximate surface area is 177 Å². The molecule has 0 fully saturated rings. The molecule has 0 amide bonds. The average Bonchev–Trinajstić information content (AvgIpc) is 2.77. The number of hydrogen-bond donors (Lipinski definition) is 2. The van der Waals surface area contributed by atoms with Crippen LogP contribution in [0.3, 0.4) is 0 Å². The van der Waals surface area contributed by atoms with Gasteiger partial charge in [0.15, 0.2) is 0 Å². The van der Waals surface area contributed by atoms with Crippen molar-refractivity contribution in [3.05, 3.63) is 71.3 Å². The molecule has 3 N–H and O–H groups in total. The van der Waals surface area contributed by atoms with Crippen LogP contribution in [0.2, 0.25) is 0 Å². The summed E-state index contributed by atoms with van der Waals surface area (Å²) in [6.07, 6.45) is 0. The highest BCUT2D eigenvalue weighted by Crippen LogP contribution is 2.41. The normalized spacial score (nSPS) is 11.2. The third kappa shape index (κ3) is 4.04. The van der Waals surface area contributed by atoms with Gasteiger partial charge in [-0.15, -0.1) is 0 Å². The molecule has 3 aromatic rings. The number of phenols is 1. The molecule has 1 aromatic heterocycles. The molecule has 0 aliphatic rings. The van der Waals surface area contributed by atoms with Gasteiger partial charge in [0.2, 0.25) is 0 Å². The maximum atomic E-state index is 12.5. The first-order valence-corrected chi connectivity index (χ1v) is 9.60. The van der Waals surface area contributed by atoms with Crippen molar-refractivity contribution in [1.82, 2.24) is 4.98 Å². The molecule has 0 saturated carbocycles. The lowest BCUT2D eigenvalue weighted by molar-refractivity contribution is -0.140. The van der Waals surface area contributed by atoms with Crippen LogP contribution in [0, 0.1) is 22.7 Å². The van der Waals surface area contributed by atoms with Crippen molar-refractivity contribution in [2.24, 2.45) is 0 Å². The average molecular weight is 416 g/mol. The van der Waals surface area contributed by atoms with Gasteiger partial charge in [0.25, 0.3) is 0 Å². The van der Waals surface area contributed by atoms with E-state index in [1.54, 1.807) is 36.4 Å². The highest BCUT2D eigenvalue weighted by Gasteiger charge is 2.28. The van der Waals surface area contributed by atoms with Gasteiger partial charge in [-0.1, -0.05) is 54.2 Å². The lowest BCUT2D eigenvalue weighted by Crippen LogP contribution is -2.12. The summed E-state index contributed by atoms with van der Waals surface area (Å²) in [5.41, 5.74) is 7.68. The van der Waals surface area contributed by atoms with Crippen LogP contribution >= 0.6 is 11.8 Å². The SMILES string of the molecule is COC(=O)C(Sc1nc(N)c(C#N)c(-c2ccc(O)cc2)c1C#N)c1ccccc1. The number of nitrogen functional groups attached to an aromatic ring is 1. The molecule has 0 spiro atoms. The number of ether oxygens (including phenoxy) is 1. The van der Waals surface area contributed by atoms with Crippen LogP contribution < -0.4 is 5.73 Å².